The van der Waals surface area contributed by atoms with Crippen LogP contribution in [-0.2, 0) is 52.6 Å². The molecule has 5 aliphatic rings. The summed E-state index contributed by atoms with van der Waals surface area (Å²) in [6, 6.07) is 26.3. The number of benzene rings is 4. The molecule has 105 heavy (non-hydrogen) atoms. The molecule has 4 amide bonds. The van der Waals surface area contributed by atoms with Crippen molar-refractivity contribution in [2.45, 2.75) is 281 Å². The number of amides is 4. The zero-order valence-electron chi connectivity index (χ0n) is 66.1. The van der Waals surface area contributed by atoms with Gasteiger partial charge >= 0.3 is 19.5 Å². The Kier molecular flexibility index (Phi) is 25.3. The maximum Gasteiger partial charge on any atom is 2.00 e. The number of hydrogen-bond acceptors (Lipinski definition) is 8. The molecule has 1 fully saturated rings. The first-order chi connectivity index (χ1) is 50.0. The van der Waals surface area contributed by atoms with E-state index in [4.69, 9.17) is 29.4 Å². The molecule has 0 saturated carbocycles. The van der Waals surface area contributed by atoms with Crippen LogP contribution in [0.15, 0.2) is 78.9 Å². The zero-order valence-corrected chi connectivity index (χ0v) is 69.1. The summed E-state index contributed by atoms with van der Waals surface area (Å²) in [4.78, 5) is 83.7. The SMILES string of the molecule is CCCCCCC1=C(C)c2nc1cc1[n-]c(c(C)c1CCCCCC)c(-c1ccc(C3OCC(N4C(=O)c5ccc6c7c(ccc(c57)C4=O)C(=O)N(CCCCCC)C6=O)CO3)cc1)c1nc(cc3[n-]c(c(C)c3CCCCCC)c2-c2cc(C(C)(C)C)cc(C(C)(C)C)c2)C(CCCCCC)=C1C.[Zn+2]. The second kappa shape index (κ2) is 33.8. The minimum atomic E-state index is -0.786. The van der Waals surface area contributed by atoms with Gasteiger partial charge in [0.2, 0.25) is 0 Å². The maximum absolute atomic E-state index is 14.7. The number of ether oxygens (including phenoxy) is 2. The van der Waals surface area contributed by atoms with Crippen LogP contribution < -0.4 is 9.97 Å². The second-order valence-corrected chi connectivity index (χ2v) is 32.5. The van der Waals surface area contributed by atoms with Gasteiger partial charge in [-0.15, -0.1) is 22.1 Å². The monoisotopic (exact) mass is 1460 g/mol. The third kappa shape index (κ3) is 16.0. The molecule has 0 spiro atoms. The summed E-state index contributed by atoms with van der Waals surface area (Å²) in [5.41, 5.74) is 26.2. The van der Waals surface area contributed by atoms with Crippen molar-refractivity contribution in [1.82, 2.24) is 29.7 Å². The second-order valence-electron chi connectivity index (χ2n) is 32.5. The molecule has 0 N–H and O–H groups in total. The molecule has 12 nitrogen and oxygen atoms in total. The van der Waals surface area contributed by atoms with E-state index in [9.17, 15) is 19.2 Å². The van der Waals surface area contributed by atoms with Crippen molar-refractivity contribution in [3.8, 4) is 22.3 Å². The Balaban J connectivity index is 0.0000110. The molecular formula is C92H114N6O6Zn. The summed E-state index contributed by atoms with van der Waals surface area (Å²) in [5.74, 6) is -1.82. The van der Waals surface area contributed by atoms with Crippen LogP contribution in [0.1, 0.15) is 341 Å². The minimum Gasteiger partial charge on any atom is -0.657 e. The Labute approximate surface area is 638 Å². The summed E-state index contributed by atoms with van der Waals surface area (Å²) in [6.45, 7) is 34.9. The Morgan fingerprint density at radius 2 is 0.829 bits per heavy atom. The van der Waals surface area contributed by atoms with Gasteiger partial charge in [-0.1, -0.05) is 249 Å². The molecule has 8 bridgehead atoms. The third-order valence-electron chi connectivity index (χ3n) is 22.9. The Morgan fingerprint density at radius 3 is 1.23 bits per heavy atom. The predicted octanol–water partition coefficient (Wildman–Crippen LogP) is 23.2. The van der Waals surface area contributed by atoms with Crippen molar-refractivity contribution < 1.29 is 48.1 Å². The summed E-state index contributed by atoms with van der Waals surface area (Å²) >= 11 is 0. The van der Waals surface area contributed by atoms with Crippen LogP contribution in [0, 0.1) is 13.8 Å². The summed E-state index contributed by atoms with van der Waals surface area (Å²) in [5, 5.41) is 0.724. The van der Waals surface area contributed by atoms with Crippen LogP contribution in [0.2, 0.25) is 0 Å². The van der Waals surface area contributed by atoms with E-state index in [0.717, 1.165) is 206 Å². The molecule has 3 aromatic heterocycles. The topological polar surface area (TPSA) is 147 Å². The first kappa shape index (κ1) is 78.6. The number of aryl methyl sites for hydroxylation is 4. The molecule has 0 radical (unpaired) electrons. The van der Waals surface area contributed by atoms with Crippen molar-refractivity contribution in [3.05, 3.63) is 163 Å². The van der Waals surface area contributed by atoms with E-state index < -0.39 is 36.0 Å². The number of imide groups is 2. The number of unbranched alkanes of at least 4 members (excludes halogenated alkanes) is 15. The van der Waals surface area contributed by atoms with Gasteiger partial charge in [-0.2, -0.15) is 0 Å². The smallest absolute Gasteiger partial charge is 0.657 e. The van der Waals surface area contributed by atoms with Gasteiger partial charge in [0.25, 0.3) is 23.6 Å². The molecule has 0 unspecified atom stereocenters. The molecule has 4 aromatic carbocycles. The van der Waals surface area contributed by atoms with Gasteiger partial charge in [-0.25, -0.2) is 9.97 Å². The average molecular weight is 1470 g/mol. The van der Waals surface area contributed by atoms with Gasteiger partial charge in [-0.3, -0.25) is 29.0 Å². The molecule has 13 heteroatoms. The predicted molar refractivity (Wildman–Crippen MR) is 427 cm³/mol. The quantitative estimate of drug-likeness (QED) is 0.0252. The van der Waals surface area contributed by atoms with Gasteiger partial charge < -0.3 is 19.4 Å². The number of carbonyl (C=O) groups is 4. The Morgan fingerprint density at radius 1 is 0.448 bits per heavy atom. The average Bonchev–Trinajstić information content (AvgIpc) is 1.60. The van der Waals surface area contributed by atoms with Gasteiger partial charge in [0.05, 0.1) is 42.0 Å². The summed E-state index contributed by atoms with van der Waals surface area (Å²) < 4.78 is 13.1. The first-order valence-corrected chi connectivity index (χ1v) is 40.0. The van der Waals surface area contributed by atoms with Crippen molar-refractivity contribution in [2.75, 3.05) is 19.8 Å². The number of hydrogen-bond donors (Lipinski definition) is 0. The van der Waals surface area contributed by atoms with Gasteiger partial charge in [0, 0.05) is 45.1 Å². The van der Waals surface area contributed by atoms with Crippen LogP contribution in [0.4, 0.5) is 0 Å². The van der Waals surface area contributed by atoms with E-state index in [1.165, 1.54) is 80.0 Å². The molecule has 1 saturated heterocycles. The zero-order chi connectivity index (χ0) is 73.9. The number of allylic oxidation sites excluding steroid dienone is 4. The van der Waals surface area contributed by atoms with Crippen molar-refractivity contribution in [1.29, 1.82) is 0 Å². The van der Waals surface area contributed by atoms with Crippen molar-refractivity contribution in [3.63, 3.8) is 0 Å². The van der Waals surface area contributed by atoms with Gasteiger partial charge in [-0.05, 0) is 176 Å². The maximum atomic E-state index is 14.7. The molecule has 7 aromatic rings. The van der Waals surface area contributed by atoms with E-state index in [1.807, 2.05) is 0 Å². The van der Waals surface area contributed by atoms with E-state index in [1.54, 1.807) is 24.3 Å². The molecule has 5 aliphatic heterocycles. The number of nitrogens with zero attached hydrogens (tertiary/aromatic N) is 6. The molecule has 0 atom stereocenters. The Hall–Kier alpha value is -7.44. The Bertz CT molecular complexity index is 4570. The number of aromatic nitrogens is 4. The number of rotatable bonds is 29. The van der Waals surface area contributed by atoms with Crippen LogP contribution >= 0.6 is 0 Å². The first-order valence-electron chi connectivity index (χ1n) is 40.0. The van der Waals surface area contributed by atoms with Crippen molar-refractivity contribution >= 4 is 78.8 Å². The molecule has 0 aliphatic carbocycles. The van der Waals surface area contributed by atoms with Crippen LogP contribution in [0.3, 0.4) is 0 Å². The molecular weight excluding hydrogens is 1350 g/mol. The minimum absolute atomic E-state index is 0. The standard InChI is InChI=1S/C92H114N6O6.Zn/c1-16-21-26-31-36-66-56(6)82-78(60-40-42-61(43-41-60)90-103-54-65(55-104-90)98-88(101)72-46-44-70-80-71(45-47-73(81(72)80)89(98)102)87(100)97(86(70)99)48-35-30-25-20-5)83-57(7)67(37-32-27-22-17-2)75(94-83)53-77-69(39-34-29-24-19-4)59(9)85(96-77)79(62-49-63(91(10,11)12)51-64(50-62)92(13,14)15)84-58(8)68(38-33-28-23-18-3)76(95-84)52-74(66)93-82;/h40-47,49-53,65,90H,16-39,48,54-55H2,1-15H3;/q-2;+2. The molecule has 550 valence electrons. The largest absolute Gasteiger partial charge is 2.00 e. The molecule has 8 heterocycles. The molecule has 12 rings (SSSR count). The van der Waals surface area contributed by atoms with E-state index in [-0.39, 0.29) is 54.6 Å². The van der Waals surface area contributed by atoms with Crippen LogP contribution in [0.5, 0.6) is 0 Å². The van der Waals surface area contributed by atoms with E-state index in [2.05, 4.69) is 158 Å². The van der Waals surface area contributed by atoms with Crippen LogP contribution in [0.25, 0.3) is 77.4 Å². The van der Waals surface area contributed by atoms with Gasteiger partial charge in [0.1, 0.15) is 0 Å². The third-order valence-corrected chi connectivity index (χ3v) is 22.9. The fourth-order valence-electron chi connectivity index (χ4n) is 16.5. The van der Waals surface area contributed by atoms with Gasteiger partial charge in [0.15, 0.2) is 6.29 Å². The number of fused-ring (bicyclic) bond motifs is 8. The fourth-order valence-corrected chi connectivity index (χ4v) is 16.5. The summed E-state index contributed by atoms with van der Waals surface area (Å²) in [6.07, 6.45) is 24.5. The van der Waals surface area contributed by atoms with Crippen molar-refractivity contribution in [2.24, 2.45) is 0 Å². The summed E-state index contributed by atoms with van der Waals surface area (Å²) in [7, 11) is 0. The fraction of sp³-hybridized carbons (Fsp3) is 0.500. The van der Waals surface area contributed by atoms with E-state index >= 15 is 0 Å². The van der Waals surface area contributed by atoms with E-state index in [0.29, 0.717) is 34.9 Å². The van der Waals surface area contributed by atoms with Crippen LogP contribution in [-0.4, -0.2) is 69.2 Å². The normalized spacial score (nSPS) is 16.3. The number of carbonyl (C=O) groups excluding carboxylic acids is 4.